The molecule has 0 bridgehead atoms. The molecule has 1 heterocycles. The van der Waals surface area contributed by atoms with Crippen LogP contribution < -0.4 is 0 Å². The second-order valence-electron chi connectivity index (χ2n) is 1.91. The molecule has 62 valence electrons. The molecule has 1 aromatic heterocycles. The van der Waals surface area contributed by atoms with E-state index in [9.17, 15) is 8.42 Å². The average molecular weight is 203 g/mol. The van der Waals surface area contributed by atoms with E-state index in [4.69, 9.17) is 15.9 Å². The predicted octanol–water partition coefficient (Wildman–Crippen LogP) is 0.881. The molecule has 0 fully saturated rings. The lowest BCUT2D eigenvalue weighted by Gasteiger charge is -1.93. The van der Waals surface area contributed by atoms with Gasteiger partial charge in [-0.2, -0.15) is 5.26 Å². The van der Waals surface area contributed by atoms with Crippen molar-refractivity contribution in [2.45, 2.75) is 5.03 Å². The molecule has 0 aliphatic heterocycles. The van der Waals surface area contributed by atoms with Gasteiger partial charge in [-0.05, 0) is 12.1 Å². The molecule has 1 rings (SSSR count). The number of rotatable bonds is 1. The summed E-state index contributed by atoms with van der Waals surface area (Å²) in [5.41, 5.74) is 0.0247. The topological polar surface area (TPSA) is 70.8 Å². The van der Waals surface area contributed by atoms with E-state index in [1.807, 2.05) is 0 Å². The Morgan fingerprint density at radius 2 is 2.17 bits per heavy atom. The van der Waals surface area contributed by atoms with E-state index in [0.717, 1.165) is 0 Å². The zero-order valence-electron chi connectivity index (χ0n) is 5.73. The van der Waals surface area contributed by atoms with E-state index < -0.39 is 9.05 Å². The fraction of sp³-hybridized carbons (Fsp3) is 0. The quantitative estimate of drug-likeness (QED) is 0.634. The lowest BCUT2D eigenvalue weighted by atomic mass is 10.4. The van der Waals surface area contributed by atoms with Gasteiger partial charge in [0.1, 0.15) is 11.8 Å². The van der Waals surface area contributed by atoms with Gasteiger partial charge in [-0.25, -0.2) is 13.4 Å². The minimum Gasteiger partial charge on any atom is -0.224 e. The standard InChI is InChI=1S/C6H3ClN2O2S/c7-12(10,11)6-3-1-2-5(4-8)9-6/h1-3H. The molecule has 0 aliphatic rings. The van der Waals surface area contributed by atoms with Gasteiger partial charge in [-0.3, -0.25) is 0 Å². The van der Waals surface area contributed by atoms with Crippen molar-refractivity contribution in [1.29, 1.82) is 5.26 Å². The molecule has 0 radical (unpaired) electrons. The van der Waals surface area contributed by atoms with Crippen LogP contribution in [0.2, 0.25) is 0 Å². The fourth-order valence-corrected chi connectivity index (χ4v) is 1.32. The Morgan fingerprint density at radius 1 is 1.50 bits per heavy atom. The molecule has 0 aromatic carbocycles. The molecule has 0 spiro atoms. The van der Waals surface area contributed by atoms with Gasteiger partial charge in [0.05, 0.1) is 0 Å². The highest BCUT2D eigenvalue weighted by molar-refractivity contribution is 8.13. The van der Waals surface area contributed by atoms with Gasteiger partial charge in [-0.15, -0.1) is 0 Å². The zero-order chi connectivity index (χ0) is 9.19. The first-order valence-electron chi connectivity index (χ1n) is 2.86. The average Bonchev–Trinajstić information content (AvgIpc) is 2.03. The largest absolute Gasteiger partial charge is 0.278 e. The summed E-state index contributed by atoms with van der Waals surface area (Å²) in [6.07, 6.45) is 0. The monoisotopic (exact) mass is 202 g/mol. The second-order valence-corrected chi connectivity index (χ2v) is 4.42. The van der Waals surface area contributed by atoms with Crippen molar-refractivity contribution in [2.24, 2.45) is 0 Å². The van der Waals surface area contributed by atoms with Crippen LogP contribution in [0.1, 0.15) is 5.69 Å². The van der Waals surface area contributed by atoms with Crippen molar-refractivity contribution in [3.63, 3.8) is 0 Å². The third-order valence-corrected chi connectivity index (χ3v) is 2.29. The minimum atomic E-state index is -3.83. The van der Waals surface area contributed by atoms with Gasteiger partial charge in [-0.1, -0.05) is 6.07 Å². The van der Waals surface area contributed by atoms with E-state index in [0.29, 0.717) is 0 Å². The van der Waals surface area contributed by atoms with Crippen molar-refractivity contribution >= 4 is 19.7 Å². The predicted molar refractivity (Wildman–Crippen MR) is 42.0 cm³/mol. The van der Waals surface area contributed by atoms with E-state index >= 15 is 0 Å². The number of nitrogens with zero attached hydrogens (tertiary/aromatic N) is 2. The normalized spacial score (nSPS) is 10.7. The van der Waals surface area contributed by atoms with E-state index in [1.165, 1.54) is 18.2 Å². The molecule has 6 heteroatoms. The molecule has 0 amide bonds. The molecule has 4 nitrogen and oxygen atoms in total. The van der Waals surface area contributed by atoms with E-state index in [1.54, 1.807) is 6.07 Å². The molecular weight excluding hydrogens is 200 g/mol. The maximum Gasteiger partial charge on any atom is 0.278 e. The fourth-order valence-electron chi connectivity index (χ4n) is 0.613. The van der Waals surface area contributed by atoms with Gasteiger partial charge >= 0.3 is 0 Å². The first kappa shape index (κ1) is 8.97. The van der Waals surface area contributed by atoms with Gasteiger partial charge in [0.15, 0.2) is 5.03 Å². The Hall–Kier alpha value is -1.12. The maximum absolute atomic E-state index is 10.7. The van der Waals surface area contributed by atoms with Crippen LogP contribution in [0, 0.1) is 11.3 Å². The Morgan fingerprint density at radius 3 is 2.67 bits per heavy atom. The Labute approximate surface area is 73.8 Å². The zero-order valence-corrected chi connectivity index (χ0v) is 7.30. The van der Waals surface area contributed by atoms with E-state index in [-0.39, 0.29) is 10.7 Å². The first-order valence-corrected chi connectivity index (χ1v) is 5.17. The van der Waals surface area contributed by atoms with Crippen molar-refractivity contribution in [3.05, 3.63) is 23.9 Å². The lowest BCUT2D eigenvalue weighted by molar-refractivity contribution is 0.606. The number of nitriles is 1. The van der Waals surface area contributed by atoms with Crippen LogP contribution in [0.4, 0.5) is 0 Å². The van der Waals surface area contributed by atoms with Gasteiger partial charge in [0.25, 0.3) is 9.05 Å². The molecule has 0 atom stereocenters. The highest BCUT2D eigenvalue weighted by Crippen LogP contribution is 2.11. The van der Waals surface area contributed by atoms with Gasteiger partial charge < -0.3 is 0 Å². The van der Waals surface area contributed by atoms with Crippen LogP contribution in [0.15, 0.2) is 23.2 Å². The third-order valence-electron chi connectivity index (χ3n) is 1.09. The number of pyridine rings is 1. The maximum atomic E-state index is 10.7. The van der Waals surface area contributed by atoms with Crippen LogP contribution >= 0.6 is 10.7 Å². The van der Waals surface area contributed by atoms with Crippen LogP contribution in [-0.4, -0.2) is 13.4 Å². The summed E-state index contributed by atoms with van der Waals surface area (Å²) >= 11 is 0. The van der Waals surface area contributed by atoms with Crippen molar-refractivity contribution in [3.8, 4) is 6.07 Å². The molecule has 12 heavy (non-hydrogen) atoms. The number of hydrogen-bond acceptors (Lipinski definition) is 4. The van der Waals surface area contributed by atoms with Crippen LogP contribution in [0.25, 0.3) is 0 Å². The van der Waals surface area contributed by atoms with Crippen molar-refractivity contribution in [2.75, 3.05) is 0 Å². The van der Waals surface area contributed by atoms with E-state index in [2.05, 4.69) is 4.98 Å². The number of halogens is 1. The third kappa shape index (κ3) is 1.94. The summed E-state index contributed by atoms with van der Waals surface area (Å²) in [6.45, 7) is 0. The first-order chi connectivity index (χ1) is 5.54. The Kier molecular flexibility index (Phi) is 2.31. The minimum absolute atomic E-state index is 0.0247. The van der Waals surface area contributed by atoms with Gasteiger partial charge in [0, 0.05) is 10.7 Å². The number of aromatic nitrogens is 1. The molecule has 0 N–H and O–H groups in total. The molecule has 1 aromatic rings. The summed E-state index contributed by atoms with van der Waals surface area (Å²) in [5, 5.41) is 8.07. The van der Waals surface area contributed by atoms with Gasteiger partial charge in [0.2, 0.25) is 0 Å². The summed E-state index contributed by atoms with van der Waals surface area (Å²) < 4.78 is 21.4. The molecule has 0 aliphatic carbocycles. The summed E-state index contributed by atoms with van der Waals surface area (Å²) in [7, 11) is 1.16. The molecule has 0 saturated heterocycles. The molecule has 0 saturated carbocycles. The Bertz CT molecular complexity index is 435. The van der Waals surface area contributed by atoms with Crippen molar-refractivity contribution in [1.82, 2.24) is 4.98 Å². The summed E-state index contributed by atoms with van der Waals surface area (Å²) in [4.78, 5) is 3.48. The second kappa shape index (κ2) is 3.09. The van der Waals surface area contributed by atoms with Crippen LogP contribution in [-0.2, 0) is 9.05 Å². The highest BCUT2D eigenvalue weighted by atomic mass is 35.7. The Balaban J connectivity index is 3.32. The lowest BCUT2D eigenvalue weighted by Crippen LogP contribution is -1.95. The smallest absolute Gasteiger partial charge is 0.224 e. The highest BCUT2D eigenvalue weighted by Gasteiger charge is 2.11. The summed E-state index contributed by atoms with van der Waals surface area (Å²) in [5.74, 6) is 0. The molecular formula is C6H3ClN2O2S. The van der Waals surface area contributed by atoms with Crippen LogP contribution in [0.3, 0.4) is 0 Å². The number of hydrogen-bond donors (Lipinski definition) is 0. The van der Waals surface area contributed by atoms with Crippen molar-refractivity contribution < 1.29 is 8.42 Å². The summed E-state index contributed by atoms with van der Waals surface area (Å²) in [6, 6.07) is 5.73. The SMILES string of the molecule is N#Cc1cccc(S(=O)(=O)Cl)n1. The van der Waals surface area contributed by atoms with Crippen LogP contribution in [0.5, 0.6) is 0 Å². The molecule has 0 unspecified atom stereocenters.